The summed E-state index contributed by atoms with van der Waals surface area (Å²) in [6, 6.07) is 0. The van der Waals surface area contributed by atoms with Crippen molar-refractivity contribution in [3.05, 3.63) is 11.1 Å². The Hall–Kier alpha value is -1.35. The molecular weight excluding hydrogens is 156 g/mol. The number of ketones is 1. The molecule has 63 valence electrons. The van der Waals surface area contributed by atoms with Crippen molar-refractivity contribution in [1.29, 1.82) is 0 Å². The van der Waals surface area contributed by atoms with E-state index in [4.69, 9.17) is 11.1 Å². The van der Waals surface area contributed by atoms with Crippen molar-refractivity contribution in [2.45, 2.75) is 25.7 Å². The van der Waals surface area contributed by atoms with E-state index in [1.807, 2.05) is 0 Å². The highest BCUT2D eigenvalue weighted by Crippen LogP contribution is 2.25. The lowest BCUT2D eigenvalue weighted by Gasteiger charge is -1.96. The first-order valence-corrected chi connectivity index (χ1v) is 3.91. The molecule has 0 aromatic rings. The molecule has 0 unspecified atom stereocenters. The highest BCUT2D eigenvalue weighted by molar-refractivity contribution is 6.36. The van der Waals surface area contributed by atoms with Gasteiger partial charge in [0.25, 0.3) is 0 Å². The van der Waals surface area contributed by atoms with Gasteiger partial charge in [-0.3, -0.25) is 4.79 Å². The molecule has 0 bridgehead atoms. The summed E-state index contributed by atoms with van der Waals surface area (Å²) in [5.74, 6) is -0.966. The Kier molecular flexibility index (Phi) is 2.82. The minimum Gasteiger partial charge on any atom is -0.417 e. The maximum Gasteiger partial charge on any atom is 0.642 e. The van der Waals surface area contributed by atoms with E-state index in [0.29, 0.717) is 0 Å². The second kappa shape index (κ2) is 3.88. The lowest BCUT2D eigenvalue weighted by Crippen LogP contribution is -2.25. The van der Waals surface area contributed by atoms with E-state index in [1.165, 1.54) is 0 Å². The molecule has 0 aromatic heterocycles. The molecule has 1 radical (unpaired) electrons. The van der Waals surface area contributed by atoms with Gasteiger partial charge in [-0.2, -0.15) is 0 Å². The minimum absolute atomic E-state index is 0.119. The fraction of sp³-hybridized carbons (Fsp3) is 0.714. The predicted octanol–water partition coefficient (Wildman–Crippen LogP) is 0.731. The van der Waals surface area contributed by atoms with Crippen molar-refractivity contribution in [2.24, 2.45) is 5.92 Å². The molecule has 0 N–H and O–H groups in total. The Morgan fingerprint density at radius 3 is 2.25 bits per heavy atom. The molecule has 0 amide bonds. The predicted molar refractivity (Wildman–Crippen MR) is 41.1 cm³/mol. The van der Waals surface area contributed by atoms with Crippen LogP contribution in [0.4, 0.5) is 0 Å². The van der Waals surface area contributed by atoms with Crippen LogP contribution >= 0.6 is 0 Å². The van der Waals surface area contributed by atoms with Crippen molar-refractivity contribution < 1.29 is 9.58 Å². The molecule has 0 aliphatic heterocycles. The molecule has 0 saturated heterocycles. The zero-order chi connectivity index (χ0) is 8.97. The zero-order valence-corrected chi connectivity index (χ0v) is 6.60. The summed E-state index contributed by atoms with van der Waals surface area (Å²) in [7, 11) is 0. The quantitative estimate of drug-likeness (QED) is 0.256. The normalized spacial score (nSPS) is 17.0. The highest BCUT2D eigenvalue weighted by Gasteiger charge is 2.37. The van der Waals surface area contributed by atoms with E-state index in [0.717, 1.165) is 25.7 Å². The first-order valence-electron chi connectivity index (χ1n) is 3.91. The lowest BCUT2D eigenvalue weighted by atomic mass is 10.0. The van der Waals surface area contributed by atoms with Crippen molar-refractivity contribution >= 4 is 11.6 Å². The summed E-state index contributed by atoms with van der Waals surface area (Å²) in [5, 5.41) is 2.60. The molecule has 1 saturated carbocycles. The number of hydrogen-bond acceptors (Lipinski definition) is 1. The lowest BCUT2D eigenvalue weighted by molar-refractivity contribution is -0.121. The summed E-state index contributed by atoms with van der Waals surface area (Å²) >= 11 is 0. The van der Waals surface area contributed by atoms with Crippen LogP contribution in [0.3, 0.4) is 0 Å². The van der Waals surface area contributed by atoms with Gasteiger partial charge in [-0.1, -0.05) is 17.6 Å². The van der Waals surface area contributed by atoms with Crippen molar-refractivity contribution in [2.75, 3.05) is 0 Å². The van der Waals surface area contributed by atoms with Crippen LogP contribution in [0.15, 0.2) is 0 Å². The standard InChI is InChI=1S/C7H9N4O/c8-10-7(11-9)6(12)5-3-1-2-4-5/h5H,1-4H2. The smallest absolute Gasteiger partial charge is 0.417 e. The van der Waals surface area contributed by atoms with Crippen LogP contribution in [0.5, 0.6) is 0 Å². The average Bonchev–Trinajstić information content (AvgIpc) is 2.58. The fourth-order valence-corrected chi connectivity index (χ4v) is 1.49. The van der Waals surface area contributed by atoms with Gasteiger partial charge in [-0.15, -0.1) is 0 Å². The molecule has 1 aliphatic carbocycles. The molecule has 0 spiro atoms. The summed E-state index contributed by atoms with van der Waals surface area (Å²) in [6.07, 6.45) is 3.63. The third-order valence-corrected chi connectivity index (χ3v) is 2.14. The van der Waals surface area contributed by atoms with Crippen LogP contribution < -0.4 is 5.11 Å². The molecule has 0 heterocycles. The second-order valence-electron chi connectivity index (χ2n) is 2.87. The third-order valence-electron chi connectivity index (χ3n) is 2.14. The Bertz CT molecular complexity index is 248. The topological polar surface area (TPSA) is 89.9 Å². The van der Waals surface area contributed by atoms with Gasteiger partial charge >= 0.3 is 11.6 Å². The van der Waals surface area contributed by atoms with Crippen LogP contribution in [0.2, 0.25) is 0 Å². The SMILES string of the molecule is [N-]=[N+]C(=[N+]=[N-])C(=O)C1CCCC1. The minimum atomic E-state index is -0.484. The third kappa shape index (κ3) is 1.62. The van der Waals surface area contributed by atoms with Gasteiger partial charge in [-0.25, -0.2) is 0 Å². The van der Waals surface area contributed by atoms with E-state index in [1.54, 1.807) is 0 Å². The molecule has 1 aliphatic rings. The molecule has 5 nitrogen and oxygen atoms in total. The summed E-state index contributed by atoms with van der Waals surface area (Å²) < 4.78 is 0. The molecule has 0 aromatic carbocycles. The van der Waals surface area contributed by atoms with E-state index in [9.17, 15) is 4.79 Å². The van der Waals surface area contributed by atoms with Gasteiger partial charge in [0.1, 0.15) is 0 Å². The zero-order valence-electron chi connectivity index (χ0n) is 6.60. The molecule has 12 heavy (non-hydrogen) atoms. The van der Waals surface area contributed by atoms with E-state index in [2.05, 4.69) is 9.90 Å². The van der Waals surface area contributed by atoms with Crippen LogP contribution in [0, 0.1) is 5.92 Å². The van der Waals surface area contributed by atoms with Gasteiger partial charge in [0, 0.05) is 5.92 Å². The maximum absolute atomic E-state index is 11.3. The first-order chi connectivity index (χ1) is 5.79. The molecular formula is C7H9N4O. The maximum atomic E-state index is 11.3. The Balaban J connectivity index is 2.68. The largest absolute Gasteiger partial charge is 0.642 e. The Labute approximate surface area is 69.9 Å². The fourth-order valence-electron chi connectivity index (χ4n) is 1.49. The van der Waals surface area contributed by atoms with E-state index >= 15 is 0 Å². The summed E-state index contributed by atoms with van der Waals surface area (Å²) in [5.41, 5.74) is 16.5. The van der Waals surface area contributed by atoms with Crippen LogP contribution in [0.1, 0.15) is 25.7 Å². The second-order valence-corrected chi connectivity index (χ2v) is 2.87. The van der Waals surface area contributed by atoms with Crippen molar-refractivity contribution in [1.82, 2.24) is 5.11 Å². The monoisotopic (exact) mass is 165 g/mol. The number of nitrogens with zero attached hydrogens (tertiary/aromatic N) is 4. The number of carbonyl (C=O) groups excluding carboxylic acids is 1. The van der Waals surface area contributed by atoms with Gasteiger partial charge in [0.05, 0.1) is 5.11 Å². The Morgan fingerprint density at radius 2 is 1.83 bits per heavy atom. The van der Waals surface area contributed by atoms with Crippen LogP contribution in [0.25, 0.3) is 11.1 Å². The molecule has 5 heteroatoms. The van der Waals surface area contributed by atoms with Crippen LogP contribution in [-0.2, 0) is 4.79 Å². The van der Waals surface area contributed by atoms with Gasteiger partial charge < -0.3 is 11.1 Å². The van der Waals surface area contributed by atoms with Crippen molar-refractivity contribution in [3.63, 3.8) is 0 Å². The molecule has 1 rings (SSSR count). The van der Waals surface area contributed by atoms with Gasteiger partial charge in [0.2, 0.25) is 0 Å². The van der Waals surface area contributed by atoms with E-state index in [-0.39, 0.29) is 11.7 Å². The average molecular weight is 165 g/mol. The first kappa shape index (κ1) is 8.74. The molecule has 1 fully saturated rings. The highest BCUT2D eigenvalue weighted by atomic mass is 16.1. The summed E-state index contributed by atoms with van der Waals surface area (Å²) in [4.78, 5) is 13.9. The number of Topliss-reactive ketones (excluding diaryl/α,β-unsaturated/α-hetero) is 1. The summed E-state index contributed by atoms with van der Waals surface area (Å²) in [6.45, 7) is 0. The number of rotatable bonds is 2. The number of carbonyl (C=O) groups is 1. The molecule has 0 atom stereocenters. The van der Waals surface area contributed by atoms with Crippen LogP contribution in [-0.4, -0.2) is 16.4 Å². The number of hydrogen-bond donors (Lipinski definition) is 0. The van der Waals surface area contributed by atoms with Crippen molar-refractivity contribution in [3.8, 4) is 0 Å². The van der Waals surface area contributed by atoms with Gasteiger partial charge in [-0.05, 0) is 12.8 Å². The van der Waals surface area contributed by atoms with Gasteiger partial charge in [0.15, 0.2) is 0 Å². The number of amidine groups is 1. The Morgan fingerprint density at radius 1 is 1.25 bits per heavy atom. The van der Waals surface area contributed by atoms with E-state index < -0.39 is 5.84 Å².